The van der Waals surface area contributed by atoms with E-state index in [1.54, 1.807) is 16.1 Å². The van der Waals surface area contributed by atoms with Gasteiger partial charge in [0.25, 0.3) is 5.91 Å². The van der Waals surface area contributed by atoms with Gasteiger partial charge in [-0.05, 0) is 92.3 Å². The third-order valence-electron chi connectivity index (χ3n) is 15.2. The van der Waals surface area contributed by atoms with Crippen LogP contribution in [0.15, 0.2) is 42.7 Å². The summed E-state index contributed by atoms with van der Waals surface area (Å²) in [4.78, 5) is 72.1. The minimum atomic E-state index is -0.615. The molecule has 17 heteroatoms. The summed E-state index contributed by atoms with van der Waals surface area (Å²) in [5.41, 5.74) is 2.88. The molecular formula is C47H59F2N11O4. The highest BCUT2D eigenvalue weighted by Crippen LogP contribution is 2.38. The Morgan fingerprint density at radius 3 is 2.31 bits per heavy atom. The Labute approximate surface area is 372 Å². The fourth-order valence-corrected chi connectivity index (χ4v) is 11.3. The number of nitrogens with zero attached hydrogens (tertiary/aromatic N) is 8. The van der Waals surface area contributed by atoms with Gasteiger partial charge in [-0.3, -0.25) is 29.4 Å². The molecule has 3 atom stereocenters. The molecule has 0 radical (unpaired) electrons. The molecule has 8 heterocycles. The van der Waals surface area contributed by atoms with Gasteiger partial charge in [0.15, 0.2) is 0 Å². The number of carbonyl (C=O) groups excluding carboxylic acids is 4. The second-order valence-corrected chi connectivity index (χ2v) is 20.1. The fraction of sp³-hybridized carbons (Fsp3) is 0.574. The number of nitrogens with one attached hydrogen (secondary N) is 3. The van der Waals surface area contributed by atoms with Crippen LogP contribution in [0, 0.1) is 28.9 Å². The van der Waals surface area contributed by atoms with Crippen molar-refractivity contribution in [2.24, 2.45) is 17.3 Å². The van der Waals surface area contributed by atoms with Crippen LogP contribution in [0.1, 0.15) is 73.9 Å². The minimum absolute atomic E-state index is 0.0181. The Hall–Kier alpha value is -5.42. The molecule has 2 aromatic carbocycles. The summed E-state index contributed by atoms with van der Waals surface area (Å²) in [6, 6.07) is 9.97. The number of hydrogen-bond donors (Lipinski definition) is 3. The number of amides is 4. The van der Waals surface area contributed by atoms with E-state index in [0.717, 1.165) is 88.1 Å². The predicted molar refractivity (Wildman–Crippen MR) is 238 cm³/mol. The molecule has 3 aromatic rings. The highest BCUT2D eigenvalue weighted by Gasteiger charge is 2.44. The van der Waals surface area contributed by atoms with E-state index in [4.69, 9.17) is 0 Å². The number of anilines is 4. The number of aromatic nitrogens is 2. The van der Waals surface area contributed by atoms with Crippen LogP contribution in [0.5, 0.6) is 0 Å². The van der Waals surface area contributed by atoms with Crippen molar-refractivity contribution in [1.82, 2.24) is 35.3 Å². The standard InChI is InChI=1S/C47H59F2N11O4/c1-46(2)7-12-55(13-8-46)21-31-18-37(49)39(19-36(31)48)59-27-43(62)54-47(28-59)9-14-57(15-10-47)41-20-40(51-29-52-41)50-11-16-56-22-32-24-58(25-33(32)23-56)34-3-4-35-30(17-34)26-60(45(35)64)38-5-6-42(61)53-44(38)63/h3-4,17-20,29,32-33,38H,5-16,21-28H2,1-2H3,(H,54,62)(H,50,51,52)(H,53,61,63)/t32-,33+,38?. The maximum Gasteiger partial charge on any atom is 0.255 e. The van der Waals surface area contributed by atoms with E-state index >= 15 is 8.78 Å². The van der Waals surface area contributed by atoms with Gasteiger partial charge in [-0.1, -0.05) is 13.8 Å². The van der Waals surface area contributed by atoms with E-state index in [-0.39, 0.29) is 41.8 Å². The van der Waals surface area contributed by atoms with E-state index < -0.39 is 29.1 Å². The Balaban J connectivity index is 0.684. The Bertz CT molecular complexity index is 2310. The summed E-state index contributed by atoms with van der Waals surface area (Å²) in [5, 5.41) is 9.09. The molecule has 7 aliphatic rings. The zero-order valence-corrected chi connectivity index (χ0v) is 36.9. The lowest BCUT2D eigenvalue weighted by Gasteiger charge is -2.48. The van der Waals surface area contributed by atoms with Gasteiger partial charge in [-0.2, -0.15) is 0 Å². The van der Waals surface area contributed by atoms with Crippen molar-refractivity contribution in [3.8, 4) is 0 Å². The zero-order valence-electron chi connectivity index (χ0n) is 36.9. The quantitative estimate of drug-likeness (QED) is 0.256. The number of rotatable bonds is 10. The monoisotopic (exact) mass is 879 g/mol. The first-order valence-corrected chi connectivity index (χ1v) is 23.1. The van der Waals surface area contributed by atoms with Crippen LogP contribution in [0.4, 0.5) is 31.8 Å². The van der Waals surface area contributed by atoms with Crippen LogP contribution in [0.2, 0.25) is 0 Å². The number of piperazine rings is 1. The molecular weight excluding hydrogens is 821 g/mol. The maximum absolute atomic E-state index is 15.7. The number of hydrogen-bond acceptors (Lipinski definition) is 12. The number of piperidine rings is 3. The maximum atomic E-state index is 15.7. The summed E-state index contributed by atoms with van der Waals surface area (Å²) in [5.74, 6) is 0.712. The average Bonchev–Trinajstić information content (AvgIpc) is 3.94. The summed E-state index contributed by atoms with van der Waals surface area (Å²) >= 11 is 0. The van der Waals surface area contributed by atoms with Crippen LogP contribution in [0.3, 0.4) is 0 Å². The van der Waals surface area contributed by atoms with Crippen LogP contribution in [-0.2, 0) is 27.5 Å². The third kappa shape index (κ3) is 8.60. The van der Waals surface area contributed by atoms with Crippen molar-refractivity contribution in [2.45, 2.75) is 77.0 Å². The van der Waals surface area contributed by atoms with Crippen molar-refractivity contribution in [3.05, 3.63) is 71.1 Å². The zero-order chi connectivity index (χ0) is 44.3. The van der Waals surface area contributed by atoms with Crippen molar-refractivity contribution >= 4 is 46.6 Å². The number of fused-ring (bicyclic) bond motifs is 2. The van der Waals surface area contributed by atoms with E-state index in [2.05, 4.69) is 65.4 Å². The molecule has 4 amide bonds. The van der Waals surface area contributed by atoms with Gasteiger partial charge in [-0.15, -0.1) is 0 Å². The molecule has 7 aliphatic heterocycles. The number of carbonyl (C=O) groups is 4. The van der Waals surface area contributed by atoms with Gasteiger partial charge < -0.3 is 35.1 Å². The van der Waals surface area contributed by atoms with E-state index in [0.29, 0.717) is 74.9 Å². The largest absolute Gasteiger partial charge is 0.371 e. The van der Waals surface area contributed by atoms with E-state index in [1.165, 1.54) is 12.1 Å². The van der Waals surface area contributed by atoms with Gasteiger partial charge >= 0.3 is 0 Å². The van der Waals surface area contributed by atoms with Crippen LogP contribution < -0.4 is 30.7 Å². The lowest BCUT2D eigenvalue weighted by Crippen LogP contribution is -2.66. The second-order valence-electron chi connectivity index (χ2n) is 20.1. The van der Waals surface area contributed by atoms with Crippen molar-refractivity contribution in [2.75, 3.05) is 98.6 Å². The van der Waals surface area contributed by atoms with Crippen LogP contribution in [0.25, 0.3) is 0 Å². The molecule has 6 saturated heterocycles. The summed E-state index contributed by atoms with van der Waals surface area (Å²) in [7, 11) is 0. The van der Waals surface area contributed by atoms with Gasteiger partial charge in [-0.25, -0.2) is 18.7 Å². The molecule has 0 saturated carbocycles. The normalized spacial score (nSPS) is 25.8. The number of likely N-dealkylation sites (tertiary alicyclic amines) is 2. The molecule has 0 bridgehead atoms. The Kier molecular flexibility index (Phi) is 11.2. The van der Waals surface area contributed by atoms with Crippen LogP contribution in [-0.4, -0.2) is 138 Å². The first-order valence-electron chi connectivity index (χ1n) is 23.1. The first-order chi connectivity index (χ1) is 30.8. The predicted octanol–water partition coefficient (Wildman–Crippen LogP) is 3.59. The molecule has 3 N–H and O–H groups in total. The fourth-order valence-electron chi connectivity index (χ4n) is 11.3. The molecule has 15 nitrogen and oxygen atoms in total. The van der Waals surface area contributed by atoms with Crippen molar-refractivity contribution in [1.29, 1.82) is 0 Å². The van der Waals surface area contributed by atoms with Gasteiger partial charge in [0.1, 0.15) is 35.6 Å². The first kappa shape index (κ1) is 42.5. The minimum Gasteiger partial charge on any atom is -0.371 e. The number of benzene rings is 2. The second kappa shape index (κ2) is 16.9. The lowest BCUT2D eigenvalue weighted by molar-refractivity contribution is -0.137. The highest BCUT2D eigenvalue weighted by atomic mass is 19.1. The molecule has 1 spiro atoms. The smallest absolute Gasteiger partial charge is 0.255 e. The topological polar surface area (TPSA) is 150 Å². The van der Waals surface area contributed by atoms with E-state index in [9.17, 15) is 19.2 Å². The Morgan fingerprint density at radius 2 is 1.56 bits per heavy atom. The molecule has 64 heavy (non-hydrogen) atoms. The van der Waals surface area contributed by atoms with Gasteiger partial charge in [0.05, 0.1) is 17.8 Å². The third-order valence-corrected chi connectivity index (χ3v) is 15.2. The SMILES string of the molecule is CC1(C)CCN(Cc2cc(F)c(N3CC(=O)NC4(CCN(c5cc(NCCN6C[C@@H]7CN(c8ccc9c(c8)CN(C8CCC(=O)NC8=O)C9=O)C[C@@H]7C6)ncn5)CC4)C3)cc2F)CC1. The number of imide groups is 1. The summed E-state index contributed by atoms with van der Waals surface area (Å²) < 4.78 is 31.2. The molecule has 1 unspecified atom stereocenters. The molecule has 6 fully saturated rings. The molecule has 1 aromatic heterocycles. The molecule has 10 rings (SSSR count). The van der Waals surface area contributed by atoms with Crippen molar-refractivity contribution in [3.63, 3.8) is 0 Å². The van der Waals surface area contributed by atoms with Gasteiger partial charge in [0, 0.05) is 107 Å². The molecule has 0 aliphatic carbocycles. The Morgan fingerprint density at radius 1 is 0.797 bits per heavy atom. The van der Waals surface area contributed by atoms with Gasteiger partial charge in [0.2, 0.25) is 17.7 Å². The van der Waals surface area contributed by atoms with E-state index in [1.807, 2.05) is 18.2 Å². The van der Waals surface area contributed by atoms with Crippen molar-refractivity contribution < 1.29 is 28.0 Å². The highest BCUT2D eigenvalue weighted by molar-refractivity contribution is 6.05. The lowest BCUT2D eigenvalue weighted by atomic mass is 9.82. The summed E-state index contributed by atoms with van der Waals surface area (Å²) in [6.45, 7) is 14.2. The average molecular weight is 880 g/mol. The summed E-state index contributed by atoms with van der Waals surface area (Å²) in [6.07, 6.45) is 5.50. The van der Waals surface area contributed by atoms with Crippen LogP contribution >= 0.6 is 0 Å². The number of halogens is 2. The molecule has 340 valence electrons.